The molecule has 5 heteroatoms. The number of likely N-dealkylation sites (N-methyl/N-ethyl adjacent to an activating group) is 1. The summed E-state index contributed by atoms with van der Waals surface area (Å²) in [7, 11) is 3.45. The van der Waals surface area contributed by atoms with Gasteiger partial charge in [0, 0.05) is 15.7 Å². The molecule has 2 rings (SSSR count). The van der Waals surface area contributed by atoms with Crippen LogP contribution in [0.4, 0.5) is 0 Å². The summed E-state index contributed by atoms with van der Waals surface area (Å²) in [5, 5.41) is 0. The van der Waals surface area contributed by atoms with Gasteiger partial charge in [-0.15, -0.1) is 0 Å². The van der Waals surface area contributed by atoms with E-state index in [0.29, 0.717) is 6.54 Å². The van der Waals surface area contributed by atoms with Gasteiger partial charge in [0.2, 0.25) is 0 Å². The second kappa shape index (κ2) is 11.2. The number of benzene rings is 2. The molecule has 168 valence electrons. The van der Waals surface area contributed by atoms with Crippen LogP contribution in [0, 0.1) is 8.99 Å². The molecule has 1 unspecified atom stereocenters. The zero-order valence-corrected chi connectivity index (χ0v) is 21.4. The molecule has 0 fully saturated rings. The molecular weight excluding hydrogens is 501 g/mol. The first-order valence-corrected chi connectivity index (χ1v) is 11.8. The van der Waals surface area contributed by atoms with Crippen molar-refractivity contribution in [2.24, 2.45) is 5.41 Å². The predicted molar refractivity (Wildman–Crippen MR) is 134 cm³/mol. The number of esters is 1. The second-order valence-electron chi connectivity index (χ2n) is 9.31. The highest BCUT2D eigenvalue weighted by Gasteiger charge is 2.36. The quantitative estimate of drug-likeness (QED) is 0.209. The molecule has 4 nitrogen and oxygen atoms in total. The summed E-state index contributed by atoms with van der Waals surface area (Å²) < 4.78 is 6.29. The number of rotatable bonds is 11. The molecule has 0 saturated carbocycles. The van der Waals surface area contributed by atoms with Gasteiger partial charge in [-0.25, -0.2) is 0 Å². The van der Waals surface area contributed by atoms with Crippen LogP contribution in [-0.4, -0.2) is 43.9 Å². The van der Waals surface area contributed by atoms with Crippen LogP contribution in [-0.2, 0) is 14.9 Å². The van der Waals surface area contributed by atoms with Crippen molar-refractivity contribution in [3.8, 4) is 0 Å². The third kappa shape index (κ3) is 7.42. The van der Waals surface area contributed by atoms with Crippen LogP contribution >= 0.6 is 22.6 Å². The Hall–Kier alpha value is -1.73. The molecule has 0 amide bonds. The maximum atomic E-state index is 12.6. The monoisotopic (exact) mass is 535 g/mol. The number of ether oxygens (including phenoxy) is 1. The number of carbonyl (C=O) groups is 2. The zero-order valence-electron chi connectivity index (χ0n) is 19.3. The lowest BCUT2D eigenvalue weighted by Crippen LogP contribution is -2.36. The third-order valence-corrected chi connectivity index (χ3v) is 6.57. The maximum Gasteiger partial charge on any atom is 0.315 e. The van der Waals surface area contributed by atoms with E-state index in [1.54, 1.807) is 0 Å². The van der Waals surface area contributed by atoms with Gasteiger partial charge in [0.15, 0.2) is 5.78 Å². The van der Waals surface area contributed by atoms with E-state index in [4.69, 9.17) is 4.74 Å². The van der Waals surface area contributed by atoms with Crippen molar-refractivity contribution < 1.29 is 14.3 Å². The minimum atomic E-state index is -0.662. The molecule has 1 atom stereocenters. The van der Waals surface area contributed by atoms with Crippen molar-refractivity contribution in [2.45, 2.75) is 45.4 Å². The van der Waals surface area contributed by atoms with Gasteiger partial charge in [0.25, 0.3) is 0 Å². The first-order valence-electron chi connectivity index (χ1n) is 10.7. The molecule has 31 heavy (non-hydrogen) atoms. The molecule has 0 aromatic heterocycles. The van der Waals surface area contributed by atoms with Gasteiger partial charge in [-0.05, 0) is 72.5 Å². The summed E-state index contributed by atoms with van der Waals surface area (Å²) in [6.07, 6.45) is 2.56. The van der Waals surface area contributed by atoms with Crippen LogP contribution < -0.4 is 0 Å². The van der Waals surface area contributed by atoms with E-state index in [-0.39, 0.29) is 17.2 Å². The van der Waals surface area contributed by atoms with Crippen molar-refractivity contribution in [1.29, 1.82) is 0 Å². The minimum absolute atomic E-state index is 0.0226. The number of ketones is 1. The van der Waals surface area contributed by atoms with E-state index < -0.39 is 5.41 Å². The summed E-state index contributed by atoms with van der Waals surface area (Å²) in [5.74, 6) is -0.0621. The van der Waals surface area contributed by atoms with E-state index in [1.165, 1.54) is 7.11 Å². The number of methoxy groups -OCH3 is 1. The first-order chi connectivity index (χ1) is 14.6. The van der Waals surface area contributed by atoms with Crippen LogP contribution in [0.1, 0.15) is 56.0 Å². The molecule has 0 aliphatic carbocycles. The number of hydrogen-bond donors (Lipinski definition) is 0. The normalized spacial score (nSPS) is 13.6. The molecule has 2 aromatic rings. The highest BCUT2D eigenvalue weighted by atomic mass is 127. The highest BCUT2D eigenvalue weighted by molar-refractivity contribution is 14.1. The molecule has 0 aliphatic rings. The standard InChI is InChI=1S/C26H34INO3/c1-25(2,19-28(4)18-23(29)20-10-7-6-8-11-20)16-9-17-26(3,24(30)31-5)21-12-14-22(27)15-13-21/h6-8,10-15H,9,16-19H2,1-5H3. The average Bonchev–Trinajstić information content (AvgIpc) is 2.73. The summed E-state index contributed by atoms with van der Waals surface area (Å²) >= 11 is 2.27. The number of nitrogens with zero attached hydrogens (tertiary/aromatic N) is 1. The van der Waals surface area contributed by atoms with Crippen molar-refractivity contribution in [1.82, 2.24) is 4.90 Å². The summed E-state index contributed by atoms with van der Waals surface area (Å²) in [6, 6.07) is 17.5. The molecule has 0 heterocycles. The molecule has 0 aliphatic heterocycles. The number of hydrogen-bond acceptors (Lipinski definition) is 4. The topological polar surface area (TPSA) is 46.6 Å². The lowest BCUT2D eigenvalue weighted by Gasteiger charge is -2.32. The Morgan fingerprint density at radius 2 is 1.58 bits per heavy atom. The largest absolute Gasteiger partial charge is 0.468 e. The Balaban J connectivity index is 1.95. The smallest absolute Gasteiger partial charge is 0.315 e. The van der Waals surface area contributed by atoms with Crippen LogP contribution in [0.3, 0.4) is 0 Å². The van der Waals surface area contributed by atoms with Gasteiger partial charge < -0.3 is 4.74 Å². The fourth-order valence-electron chi connectivity index (χ4n) is 4.15. The molecule has 0 radical (unpaired) electrons. The molecule has 0 bridgehead atoms. The number of halogens is 1. The lowest BCUT2D eigenvalue weighted by molar-refractivity contribution is -0.147. The summed E-state index contributed by atoms with van der Waals surface area (Å²) in [6.45, 7) is 7.62. The van der Waals surface area contributed by atoms with Crippen molar-refractivity contribution >= 4 is 34.3 Å². The third-order valence-electron chi connectivity index (χ3n) is 5.85. The highest BCUT2D eigenvalue weighted by Crippen LogP contribution is 2.34. The fraction of sp³-hybridized carbons (Fsp3) is 0.462. The summed E-state index contributed by atoms with van der Waals surface area (Å²) in [5.41, 5.74) is 1.10. The van der Waals surface area contributed by atoms with Gasteiger partial charge >= 0.3 is 5.97 Å². The van der Waals surface area contributed by atoms with Crippen molar-refractivity contribution in [3.63, 3.8) is 0 Å². The Bertz CT molecular complexity index is 864. The van der Waals surface area contributed by atoms with Gasteiger partial charge in [0.05, 0.1) is 19.1 Å². The maximum absolute atomic E-state index is 12.6. The molecule has 0 N–H and O–H groups in total. The van der Waals surface area contributed by atoms with Gasteiger partial charge in [-0.1, -0.05) is 62.7 Å². The molecule has 2 aromatic carbocycles. The predicted octanol–water partition coefficient (Wildman–Crippen LogP) is 5.73. The fourth-order valence-corrected chi connectivity index (χ4v) is 4.51. The van der Waals surface area contributed by atoms with Crippen LogP contribution in [0.15, 0.2) is 54.6 Å². The lowest BCUT2D eigenvalue weighted by atomic mass is 9.76. The Labute approximate surface area is 200 Å². The van der Waals surface area contributed by atoms with E-state index in [9.17, 15) is 9.59 Å². The Morgan fingerprint density at radius 3 is 2.16 bits per heavy atom. The Kier molecular flexibility index (Phi) is 9.25. The van der Waals surface area contributed by atoms with Gasteiger partial charge in [-0.2, -0.15) is 0 Å². The van der Waals surface area contributed by atoms with E-state index >= 15 is 0 Å². The van der Waals surface area contributed by atoms with E-state index in [1.807, 2.05) is 68.6 Å². The molecular formula is C26H34INO3. The van der Waals surface area contributed by atoms with E-state index in [2.05, 4.69) is 41.3 Å². The summed E-state index contributed by atoms with van der Waals surface area (Å²) in [4.78, 5) is 27.2. The second-order valence-corrected chi connectivity index (χ2v) is 10.6. The minimum Gasteiger partial charge on any atom is -0.468 e. The number of Topliss-reactive ketones (excluding diaryl/α,β-unsaturated/α-hetero) is 1. The van der Waals surface area contributed by atoms with Crippen molar-refractivity contribution in [3.05, 3.63) is 69.3 Å². The first kappa shape index (κ1) is 25.5. The van der Waals surface area contributed by atoms with Crippen LogP contribution in [0.2, 0.25) is 0 Å². The van der Waals surface area contributed by atoms with Gasteiger partial charge in [0.1, 0.15) is 0 Å². The number of carbonyl (C=O) groups excluding carboxylic acids is 2. The van der Waals surface area contributed by atoms with Crippen LogP contribution in [0.5, 0.6) is 0 Å². The SMILES string of the molecule is COC(=O)C(C)(CCCC(C)(C)CN(C)CC(=O)c1ccccc1)c1ccc(I)cc1. The Morgan fingerprint density at radius 1 is 0.968 bits per heavy atom. The average molecular weight is 535 g/mol. The van der Waals surface area contributed by atoms with E-state index in [0.717, 1.165) is 40.5 Å². The zero-order chi connectivity index (χ0) is 23.1. The van der Waals surface area contributed by atoms with Crippen LogP contribution in [0.25, 0.3) is 0 Å². The van der Waals surface area contributed by atoms with Crippen molar-refractivity contribution in [2.75, 3.05) is 27.2 Å². The molecule has 0 saturated heterocycles. The van der Waals surface area contributed by atoms with Gasteiger partial charge in [-0.3, -0.25) is 14.5 Å². The molecule has 0 spiro atoms.